The maximum atomic E-state index is 11.9. The van der Waals surface area contributed by atoms with Gasteiger partial charge in [-0.2, -0.15) is 0 Å². The predicted octanol–water partition coefficient (Wildman–Crippen LogP) is 3.59. The summed E-state index contributed by atoms with van der Waals surface area (Å²) >= 11 is 0. The molecule has 1 saturated carbocycles. The van der Waals surface area contributed by atoms with Crippen molar-refractivity contribution in [2.75, 3.05) is 0 Å². The van der Waals surface area contributed by atoms with Crippen molar-refractivity contribution in [3.05, 3.63) is 12.2 Å². The molecule has 1 nitrogen and oxygen atoms in total. The quantitative estimate of drug-likeness (QED) is 0.614. The van der Waals surface area contributed by atoms with Crippen LogP contribution >= 0.6 is 0 Å². The largest absolute Gasteiger partial charge is 0.295 e. The number of rotatable bonds is 2. The maximum Gasteiger partial charge on any atom is 0.159 e. The molecule has 0 amide bonds. The highest BCUT2D eigenvalue weighted by Gasteiger charge is 2.40. The van der Waals surface area contributed by atoms with E-state index in [1.165, 1.54) is 19.3 Å². The molecule has 0 aliphatic heterocycles. The molecular weight excluding hydrogens is 172 g/mol. The molecular formula is C13H22O. The molecule has 0 saturated heterocycles. The van der Waals surface area contributed by atoms with E-state index in [1.807, 2.05) is 13.0 Å². The van der Waals surface area contributed by atoms with E-state index in [4.69, 9.17) is 0 Å². The number of hydrogen-bond donors (Lipinski definition) is 0. The highest BCUT2D eigenvalue weighted by molar-refractivity contribution is 5.92. The smallest absolute Gasteiger partial charge is 0.159 e. The lowest BCUT2D eigenvalue weighted by Crippen LogP contribution is -2.38. The van der Waals surface area contributed by atoms with Crippen LogP contribution in [0.15, 0.2) is 12.2 Å². The first-order valence-corrected chi connectivity index (χ1v) is 5.65. The van der Waals surface area contributed by atoms with Crippen molar-refractivity contribution in [2.45, 2.75) is 47.0 Å². The van der Waals surface area contributed by atoms with Gasteiger partial charge in [-0.3, -0.25) is 4.79 Å². The third-order valence-electron chi connectivity index (χ3n) is 3.53. The fraction of sp³-hybridized carbons (Fsp3) is 0.769. The Morgan fingerprint density at radius 1 is 1.43 bits per heavy atom. The van der Waals surface area contributed by atoms with Crippen LogP contribution in [-0.4, -0.2) is 5.78 Å². The number of carbonyl (C=O) groups is 1. The molecule has 2 unspecified atom stereocenters. The third kappa shape index (κ3) is 2.26. The third-order valence-corrected chi connectivity index (χ3v) is 3.53. The van der Waals surface area contributed by atoms with Crippen LogP contribution in [-0.2, 0) is 4.79 Å². The van der Waals surface area contributed by atoms with Crippen LogP contribution in [0.3, 0.4) is 0 Å². The minimum atomic E-state index is 0.189. The topological polar surface area (TPSA) is 17.1 Å². The van der Waals surface area contributed by atoms with Gasteiger partial charge in [-0.05, 0) is 37.2 Å². The van der Waals surface area contributed by atoms with Crippen molar-refractivity contribution in [3.63, 3.8) is 0 Å². The Morgan fingerprint density at radius 2 is 2.07 bits per heavy atom. The molecule has 1 rings (SSSR count). The van der Waals surface area contributed by atoms with E-state index in [0.717, 1.165) is 0 Å². The first kappa shape index (κ1) is 11.5. The number of allylic oxidation sites excluding steroid dienone is 2. The van der Waals surface area contributed by atoms with Crippen LogP contribution in [0, 0.1) is 17.3 Å². The van der Waals surface area contributed by atoms with E-state index >= 15 is 0 Å². The fourth-order valence-corrected chi connectivity index (χ4v) is 2.91. The molecule has 2 atom stereocenters. The number of ketones is 1. The van der Waals surface area contributed by atoms with Gasteiger partial charge in [-0.15, -0.1) is 0 Å². The zero-order valence-corrected chi connectivity index (χ0v) is 9.84. The van der Waals surface area contributed by atoms with Gasteiger partial charge in [-0.25, -0.2) is 0 Å². The summed E-state index contributed by atoms with van der Waals surface area (Å²) in [5, 5.41) is 0. The van der Waals surface area contributed by atoms with E-state index < -0.39 is 0 Å². The van der Waals surface area contributed by atoms with E-state index in [0.29, 0.717) is 11.7 Å². The lowest BCUT2D eigenvalue weighted by atomic mass is 9.62. The average molecular weight is 194 g/mol. The molecule has 1 heteroatoms. The average Bonchev–Trinajstić information content (AvgIpc) is 2.02. The molecule has 0 aromatic heterocycles. The molecule has 0 N–H and O–H groups in total. The second-order valence-corrected chi connectivity index (χ2v) is 5.24. The van der Waals surface area contributed by atoms with Crippen LogP contribution in [0.5, 0.6) is 0 Å². The van der Waals surface area contributed by atoms with E-state index in [-0.39, 0.29) is 11.3 Å². The summed E-state index contributed by atoms with van der Waals surface area (Å²) in [6.07, 6.45) is 7.27. The Morgan fingerprint density at radius 3 is 2.57 bits per heavy atom. The van der Waals surface area contributed by atoms with E-state index in [9.17, 15) is 4.79 Å². The zero-order chi connectivity index (χ0) is 10.8. The molecule has 0 aromatic carbocycles. The monoisotopic (exact) mass is 194 g/mol. The van der Waals surface area contributed by atoms with Gasteiger partial charge < -0.3 is 0 Å². The summed E-state index contributed by atoms with van der Waals surface area (Å²) in [5.41, 5.74) is 0.189. The summed E-state index contributed by atoms with van der Waals surface area (Å²) in [7, 11) is 0. The molecule has 1 aliphatic rings. The fourth-order valence-electron chi connectivity index (χ4n) is 2.91. The van der Waals surface area contributed by atoms with Crippen molar-refractivity contribution in [1.29, 1.82) is 0 Å². The minimum Gasteiger partial charge on any atom is -0.295 e. The summed E-state index contributed by atoms with van der Waals surface area (Å²) in [6.45, 7) is 8.59. The van der Waals surface area contributed by atoms with Crippen molar-refractivity contribution in [2.24, 2.45) is 17.3 Å². The summed E-state index contributed by atoms with van der Waals surface area (Å²) < 4.78 is 0. The first-order valence-electron chi connectivity index (χ1n) is 5.65. The highest BCUT2D eigenvalue weighted by Crippen LogP contribution is 2.44. The summed E-state index contributed by atoms with van der Waals surface area (Å²) in [4.78, 5) is 11.9. The van der Waals surface area contributed by atoms with Crippen molar-refractivity contribution < 1.29 is 4.79 Å². The Kier molecular flexibility index (Phi) is 3.52. The first-order chi connectivity index (χ1) is 6.49. The van der Waals surface area contributed by atoms with Crippen LogP contribution in [0.4, 0.5) is 0 Å². The Labute approximate surface area is 87.6 Å². The SMILES string of the molecule is CC=CC(=O)C1C(C)CCCC1(C)C. The van der Waals surface area contributed by atoms with Gasteiger partial charge in [0.25, 0.3) is 0 Å². The van der Waals surface area contributed by atoms with Crippen LogP contribution in [0.1, 0.15) is 47.0 Å². The van der Waals surface area contributed by atoms with Crippen molar-refractivity contribution >= 4 is 5.78 Å². The van der Waals surface area contributed by atoms with Gasteiger partial charge in [0.15, 0.2) is 5.78 Å². The lowest BCUT2D eigenvalue weighted by molar-refractivity contribution is -0.125. The predicted molar refractivity (Wildman–Crippen MR) is 60.1 cm³/mol. The van der Waals surface area contributed by atoms with E-state index in [2.05, 4.69) is 20.8 Å². The normalized spacial score (nSPS) is 32.0. The molecule has 0 heterocycles. The Bertz CT molecular complexity index is 238. The Balaban J connectivity index is 2.85. The number of carbonyl (C=O) groups excluding carboxylic acids is 1. The molecule has 0 aromatic rings. The standard InChI is InChI=1S/C13H22O/c1-5-7-11(14)12-10(2)8-6-9-13(12,3)4/h5,7,10,12H,6,8-9H2,1-4H3. The highest BCUT2D eigenvalue weighted by atomic mass is 16.1. The van der Waals surface area contributed by atoms with Gasteiger partial charge >= 0.3 is 0 Å². The molecule has 0 spiro atoms. The van der Waals surface area contributed by atoms with Gasteiger partial charge in [0.05, 0.1) is 0 Å². The summed E-state index contributed by atoms with van der Waals surface area (Å²) in [6, 6.07) is 0. The van der Waals surface area contributed by atoms with Crippen LogP contribution in [0.25, 0.3) is 0 Å². The molecule has 1 aliphatic carbocycles. The molecule has 0 radical (unpaired) electrons. The molecule has 0 bridgehead atoms. The Hall–Kier alpha value is -0.590. The van der Waals surface area contributed by atoms with Gasteiger partial charge in [0.2, 0.25) is 0 Å². The maximum absolute atomic E-state index is 11.9. The second-order valence-electron chi connectivity index (χ2n) is 5.24. The molecule has 80 valence electrons. The second kappa shape index (κ2) is 4.29. The van der Waals surface area contributed by atoms with E-state index in [1.54, 1.807) is 6.08 Å². The minimum absolute atomic E-state index is 0.189. The molecule has 14 heavy (non-hydrogen) atoms. The van der Waals surface area contributed by atoms with Gasteiger partial charge in [-0.1, -0.05) is 33.3 Å². The van der Waals surface area contributed by atoms with Crippen LogP contribution < -0.4 is 0 Å². The summed E-state index contributed by atoms with van der Waals surface area (Å²) in [5.74, 6) is 1.10. The van der Waals surface area contributed by atoms with Crippen LogP contribution in [0.2, 0.25) is 0 Å². The van der Waals surface area contributed by atoms with Gasteiger partial charge in [0, 0.05) is 5.92 Å². The number of hydrogen-bond acceptors (Lipinski definition) is 1. The lowest BCUT2D eigenvalue weighted by Gasteiger charge is -2.41. The van der Waals surface area contributed by atoms with Crippen molar-refractivity contribution in [3.8, 4) is 0 Å². The van der Waals surface area contributed by atoms with Crippen molar-refractivity contribution in [1.82, 2.24) is 0 Å². The molecule has 1 fully saturated rings. The zero-order valence-electron chi connectivity index (χ0n) is 9.84. The van der Waals surface area contributed by atoms with Gasteiger partial charge in [0.1, 0.15) is 0 Å².